The van der Waals surface area contributed by atoms with Gasteiger partial charge in [-0.2, -0.15) is 6.08 Å². The summed E-state index contributed by atoms with van der Waals surface area (Å²) >= 11 is 0. The van der Waals surface area contributed by atoms with Crippen molar-refractivity contribution in [1.29, 1.82) is 0 Å². The van der Waals surface area contributed by atoms with E-state index >= 15 is 0 Å². The van der Waals surface area contributed by atoms with Crippen LogP contribution in [0.25, 0.3) is 0 Å². The van der Waals surface area contributed by atoms with Crippen molar-refractivity contribution in [1.82, 2.24) is 0 Å². The van der Waals surface area contributed by atoms with Crippen molar-refractivity contribution in [3.8, 4) is 0 Å². The van der Waals surface area contributed by atoms with Gasteiger partial charge in [0.05, 0.1) is 0 Å². The number of hydrogen-bond donors (Lipinski definition) is 0. The molecule has 36 valence electrons. The normalized spacial score (nSPS) is 14.7. The quantitative estimate of drug-likeness (QED) is 0.456. The van der Waals surface area contributed by atoms with Crippen LogP contribution >= 0.6 is 0 Å². The zero-order valence-electron chi connectivity index (χ0n) is 3.24. The molecule has 0 aromatic carbocycles. The first kappa shape index (κ1) is 6.22. The Morgan fingerprint density at radius 2 is 2.33 bits per heavy atom. The van der Waals surface area contributed by atoms with Crippen molar-refractivity contribution in [2.75, 3.05) is 0 Å². The van der Waals surface area contributed by atoms with E-state index < -0.39 is 0 Å². The predicted molar refractivity (Wildman–Crippen MR) is 21.6 cm³/mol. The third-order valence-electron chi connectivity index (χ3n) is 0.586. The standard InChI is InChI=1S/C5H5.Au/c1-2-4-5-3-1;/h1-3H,4H2;/q-1;+1. The fraction of sp³-hybridized carbons (Fsp3) is 0.200. The van der Waals surface area contributed by atoms with Gasteiger partial charge in [0.15, 0.2) is 0 Å². The molecule has 0 radical (unpaired) electrons. The van der Waals surface area contributed by atoms with E-state index in [1.165, 1.54) is 0 Å². The maximum Gasteiger partial charge on any atom is 1.00 e. The molecular weight excluding hydrogens is 257 g/mol. The summed E-state index contributed by atoms with van der Waals surface area (Å²) in [5.41, 5.74) is 0. The molecule has 0 bridgehead atoms. The fourth-order valence-corrected chi connectivity index (χ4v) is 0.340. The van der Waals surface area contributed by atoms with Gasteiger partial charge < -0.3 is 0 Å². The average Bonchev–Trinajstić information content (AvgIpc) is 1.76. The van der Waals surface area contributed by atoms with Crippen LogP contribution in [0.1, 0.15) is 6.42 Å². The molecule has 0 aromatic rings. The van der Waals surface area contributed by atoms with E-state index in [0.717, 1.165) is 6.42 Å². The first-order valence-corrected chi connectivity index (χ1v) is 1.72. The van der Waals surface area contributed by atoms with Gasteiger partial charge in [-0.15, -0.1) is 6.42 Å². The van der Waals surface area contributed by atoms with Crippen LogP contribution in [0.4, 0.5) is 0 Å². The average molecular weight is 262 g/mol. The topological polar surface area (TPSA) is 0 Å². The van der Waals surface area contributed by atoms with Gasteiger partial charge in [-0.1, -0.05) is 0 Å². The molecule has 0 saturated heterocycles. The minimum atomic E-state index is 0. The molecule has 0 nitrogen and oxygen atoms in total. The Bertz CT molecular complexity index is 62.0. The Kier molecular flexibility index (Phi) is 3.54. The van der Waals surface area contributed by atoms with Gasteiger partial charge >= 0.3 is 22.4 Å². The van der Waals surface area contributed by atoms with E-state index in [0.29, 0.717) is 0 Å². The summed E-state index contributed by atoms with van der Waals surface area (Å²) in [6.45, 7) is 0. The predicted octanol–water partition coefficient (Wildman–Crippen LogP) is 1.30. The summed E-state index contributed by atoms with van der Waals surface area (Å²) in [5, 5.41) is 0. The molecule has 0 saturated carbocycles. The van der Waals surface area contributed by atoms with Gasteiger partial charge in [0.1, 0.15) is 0 Å². The molecule has 1 heteroatoms. The molecule has 1 rings (SSSR count). The van der Waals surface area contributed by atoms with Crippen LogP contribution in [-0.2, 0) is 22.4 Å². The first-order valence-electron chi connectivity index (χ1n) is 1.72. The smallest absolute Gasteiger partial charge is 0.273 e. The summed E-state index contributed by atoms with van der Waals surface area (Å²) in [6, 6.07) is 0. The summed E-state index contributed by atoms with van der Waals surface area (Å²) in [6.07, 6.45) is 10.0. The number of allylic oxidation sites excluding steroid dienone is 4. The molecule has 0 spiro atoms. The molecule has 0 atom stereocenters. The molecule has 0 amide bonds. The molecule has 1 aliphatic carbocycles. The Labute approximate surface area is 53.4 Å². The van der Waals surface area contributed by atoms with E-state index in [1.807, 2.05) is 12.2 Å². The number of rotatable bonds is 0. The zero-order chi connectivity index (χ0) is 3.54. The molecule has 1 aliphatic rings. The van der Waals surface area contributed by atoms with Gasteiger partial charge in [0, 0.05) is 0 Å². The minimum absolute atomic E-state index is 0. The summed E-state index contributed by atoms with van der Waals surface area (Å²) < 4.78 is 0. The van der Waals surface area contributed by atoms with Gasteiger partial charge in [0.2, 0.25) is 0 Å². The Morgan fingerprint density at radius 1 is 1.50 bits per heavy atom. The third kappa shape index (κ3) is 1.61. The van der Waals surface area contributed by atoms with E-state index in [9.17, 15) is 0 Å². The second kappa shape index (κ2) is 3.41. The van der Waals surface area contributed by atoms with Crippen molar-refractivity contribution < 1.29 is 22.4 Å². The minimum Gasteiger partial charge on any atom is -0.273 e. The Morgan fingerprint density at radius 3 is 2.50 bits per heavy atom. The first-order chi connectivity index (χ1) is 2.50. The van der Waals surface area contributed by atoms with Crippen LogP contribution in [0.3, 0.4) is 0 Å². The Balaban J connectivity index is 0.000000250. The van der Waals surface area contributed by atoms with Crippen LogP contribution < -0.4 is 0 Å². The van der Waals surface area contributed by atoms with E-state index in [4.69, 9.17) is 0 Å². The molecule has 0 aromatic heterocycles. The Hall–Kier alpha value is 0.220. The molecular formula is C5H5Au. The maximum atomic E-state index is 2.99. The van der Waals surface area contributed by atoms with Crippen LogP contribution in [0, 0.1) is 6.08 Å². The maximum absolute atomic E-state index is 2.99. The van der Waals surface area contributed by atoms with Crippen LogP contribution in [0.2, 0.25) is 0 Å². The monoisotopic (exact) mass is 262 g/mol. The van der Waals surface area contributed by atoms with Crippen molar-refractivity contribution in [3.05, 3.63) is 24.3 Å². The molecule has 0 heterocycles. The summed E-state index contributed by atoms with van der Waals surface area (Å²) in [5.74, 6) is 0. The molecule has 6 heavy (non-hydrogen) atoms. The van der Waals surface area contributed by atoms with Crippen molar-refractivity contribution in [3.63, 3.8) is 0 Å². The van der Waals surface area contributed by atoms with E-state index in [-0.39, 0.29) is 22.4 Å². The van der Waals surface area contributed by atoms with Crippen LogP contribution in [0.15, 0.2) is 18.2 Å². The van der Waals surface area contributed by atoms with Gasteiger partial charge in [0.25, 0.3) is 0 Å². The second-order valence-corrected chi connectivity index (χ2v) is 1.00. The van der Waals surface area contributed by atoms with Crippen LogP contribution in [-0.4, -0.2) is 0 Å². The number of hydrogen-bond acceptors (Lipinski definition) is 0. The molecule has 0 aliphatic heterocycles. The SMILES string of the molecule is [Au+].[C-]1=CC=CC1. The summed E-state index contributed by atoms with van der Waals surface area (Å²) in [4.78, 5) is 0. The van der Waals surface area contributed by atoms with Gasteiger partial charge in [-0.05, 0) is 0 Å². The van der Waals surface area contributed by atoms with Gasteiger partial charge in [-0.3, -0.25) is 6.08 Å². The molecule has 0 N–H and O–H groups in total. The zero-order valence-corrected chi connectivity index (χ0v) is 5.41. The summed E-state index contributed by atoms with van der Waals surface area (Å²) in [7, 11) is 0. The van der Waals surface area contributed by atoms with Crippen molar-refractivity contribution in [2.24, 2.45) is 0 Å². The molecule has 0 fully saturated rings. The third-order valence-corrected chi connectivity index (χ3v) is 0.586. The molecule has 0 unspecified atom stereocenters. The van der Waals surface area contributed by atoms with E-state index in [2.05, 4.69) is 12.2 Å². The van der Waals surface area contributed by atoms with E-state index in [1.54, 1.807) is 0 Å². The van der Waals surface area contributed by atoms with Crippen molar-refractivity contribution >= 4 is 0 Å². The van der Waals surface area contributed by atoms with Crippen LogP contribution in [0.5, 0.6) is 0 Å². The van der Waals surface area contributed by atoms with Crippen molar-refractivity contribution in [2.45, 2.75) is 6.42 Å². The van der Waals surface area contributed by atoms with Gasteiger partial charge in [-0.25, -0.2) is 12.2 Å². The largest absolute Gasteiger partial charge is 1.00 e. The fourth-order valence-electron chi connectivity index (χ4n) is 0.340. The second-order valence-electron chi connectivity index (χ2n) is 1.00.